The van der Waals surface area contributed by atoms with Gasteiger partial charge in [-0.25, -0.2) is 14.2 Å². The summed E-state index contributed by atoms with van der Waals surface area (Å²) in [5.74, 6) is -1.20. The molecule has 2 unspecified atom stereocenters. The maximum atomic E-state index is 13.1. The average Bonchev–Trinajstić information content (AvgIpc) is 3.31. The third kappa shape index (κ3) is 5.58. The Balaban J connectivity index is 1.43. The van der Waals surface area contributed by atoms with Gasteiger partial charge in [0, 0.05) is 56.8 Å². The van der Waals surface area contributed by atoms with E-state index in [-0.39, 0.29) is 23.1 Å². The van der Waals surface area contributed by atoms with E-state index in [1.807, 2.05) is 4.90 Å². The van der Waals surface area contributed by atoms with Crippen LogP contribution in [0.1, 0.15) is 37.4 Å². The molecule has 1 amide bonds. The van der Waals surface area contributed by atoms with E-state index in [9.17, 15) is 22.2 Å². The second-order valence-corrected chi connectivity index (χ2v) is 11.0. The third-order valence-corrected chi connectivity index (χ3v) is 8.65. The van der Waals surface area contributed by atoms with Crippen molar-refractivity contribution in [2.75, 3.05) is 43.4 Å². The fourth-order valence-corrected chi connectivity index (χ4v) is 6.07. The van der Waals surface area contributed by atoms with Crippen molar-refractivity contribution in [2.45, 2.75) is 43.8 Å². The molecule has 0 saturated carbocycles. The Bertz CT molecular complexity index is 1190. The Labute approximate surface area is 202 Å². The number of rotatable bonds is 6. The molecule has 1 aromatic heterocycles. The number of nitrogens with zero attached hydrogens (tertiary/aromatic N) is 5. The van der Waals surface area contributed by atoms with E-state index in [1.165, 1.54) is 23.5 Å². The normalized spacial score (nSPS) is 18.9. The Morgan fingerprint density at radius 2 is 1.89 bits per heavy atom. The zero-order valence-corrected chi connectivity index (χ0v) is 20.4. The first-order valence-corrected chi connectivity index (χ1v) is 13.2. The number of amides is 1. The molecular formula is C23H28F3N5O3S. The fraction of sp³-hybridized carbons (Fsp3) is 0.522. The molecule has 190 valence electrons. The van der Waals surface area contributed by atoms with Crippen LogP contribution in [-0.2, 0) is 20.9 Å². The second-order valence-electron chi connectivity index (χ2n) is 8.62. The SMILES string of the molecule is CCCS(=O)(=NC(=O)C(F)(F)F)c1cnc(N2CCN(C(C)c3ccc4c(c3)OCC4)CC2)nc1. The molecule has 2 aliphatic rings. The Morgan fingerprint density at radius 1 is 1.20 bits per heavy atom. The molecule has 35 heavy (non-hydrogen) atoms. The van der Waals surface area contributed by atoms with E-state index in [0.717, 1.165) is 31.9 Å². The first-order chi connectivity index (χ1) is 16.6. The lowest BCUT2D eigenvalue weighted by Crippen LogP contribution is -2.47. The Kier molecular flexibility index (Phi) is 7.32. The van der Waals surface area contributed by atoms with Crippen molar-refractivity contribution in [3.63, 3.8) is 0 Å². The summed E-state index contributed by atoms with van der Waals surface area (Å²) in [7, 11) is -3.61. The zero-order chi connectivity index (χ0) is 25.2. The highest BCUT2D eigenvalue weighted by Crippen LogP contribution is 2.31. The highest BCUT2D eigenvalue weighted by molar-refractivity contribution is 7.94. The maximum absolute atomic E-state index is 13.1. The summed E-state index contributed by atoms with van der Waals surface area (Å²) in [5, 5.41) is 0. The van der Waals surface area contributed by atoms with Gasteiger partial charge in [-0.1, -0.05) is 19.1 Å². The first-order valence-electron chi connectivity index (χ1n) is 11.5. The van der Waals surface area contributed by atoms with E-state index < -0.39 is 21.8 Å². The van der Waals surface area contributed by atoms with Crippen LogP contribution in [0, 0.1) is 0 Å². The van der Waals surface area contributed by atoms with Gasteiger partial charge < -0.3 is 9.64 Å². The van der Waals surface area contributed by atoms with Crippen LogP contribution in [0.5, 0.6) is 5.75 Å². The monoisotopic (exact) mass is 511 g/mol. The van der Waals surface area contributed by atoms with Gasteiger partial charge in [-0.3, -0.25) is 9.69 Å². The van der Waals surface area contributed by atoms with E-state index in [0.29, 0.717) is 19.0 Å². The fourth-order valence-electron chi connectivity index (χ4n) is 4.28. The number of hydrogen-bond donors (Lipinski definition) is 0. The van der Waals surface area contributed by atoms with Gasteiger partial charge in [-0.2, -0.15) is 13.2 Å². The van der Waals surface area contributed by atoms with Gasteiger partial charge in [0.1, 0.15) is 5.75 Å². The summed E-state index contributed by atoms with van der Waals surface area (Å²) in [5.41, 5.74) is 2.44. The molecule has 2 atom stereocenters. The molecule has 0 radical (unpaired) electrons. The molecule has 1 fully saturated rings. The van der Waals surface area contributed by atoms with Crippen LogP contribution >= 0.6 is 0 Å². The molecule has 2 aliphatic heterocycles. The predicted molar refractivity (Wildman–Crippen MR) is 125 cm³/mol. The summed E-state index contributed by atoms with van der Waals surface area (Å²) >= 11 is 0. The molecule has 12 heteroatoms. The smallest absolute Gasteiger partial charge is 0.474 e. The molecule has 8 nitrogen and oxygen atoms in total. The van der Waals surface area contributed by atoms with Gasteiger partial charge >= 0.3 is 12.1 Å². The van der Waals surface area contributed by atoms with E-state index >= 15 is 0 Å². The number of carbonyl (C=O) groups is 1. The minimum absolute atomic E-state index is 0.0770. The number of hydrogen-bond acceptors (Lipinski definition) is 7. The predicted octanol–water partition coefficient (Wildman–Crippen LogP) is 3.62. The molecule has 0 spiro atoms. The summed E-state index contributed by atoms with van der Waals surface area (Å²) in [6.07, 6.45) is -1.52. The van der Waals surface area contributed by atoms with Gasteiger partial charge in [-0.15, -0.1) is 4.36 Å². The number of carbonyl (C=O) groups excluding carboxylic acids is 1. The number of aromatic nitrogens is 2. The third-order valence-electron chi connectivity index (χ3n) is 6.28. The molecule has 0 aliphatic carbocycles. The van der Waals surface area contributed by atoms with E-state index in [1.54, 1.807) is 6.92 Å². The highest BCUT2D eigenvalue weighted by atomic mass is 32.2. The van der Waals surface area contributed by atoms with Crippen LogP contribution in [0.2, 0.25) is 0 Å². The van der Waals surface area contributed by atoms with E-state index in [4.69, 9.17) is 4.74 Å². The number of ether oxygens (including phenoxy) is 1. The lowest BCUT2D eigenvalue weighted by molar-refractivity contribution is -0.169. The number of piperazine rings is 1. The molecule has 0 N–H and O–H groups in total. The van der Waals surface area contributed by atoms with Gasteiger partial charge in [0.15, 0.2) is 0 Å². The lowest BCUT2D eigenvalue weighted by Gasteiger charge is -2.38. The molecule has 1 saturated heterocycles. The van der Waals surface area contributed by atoms with Crippen molar-refractivity contribution in [3.05, 3.63) is 41.7 Å². The zero-order valence-electron chi connectivity index (χ0n) is 19.6. The standard InChI is InChI=1S/C23H28F3N5O3S/c1-3-12-35(33,29-21(32)23(24,25)26)19-14-27-22(28-15-19)31-9-7-30(8-10-31)16(2)18-5-4-17-6-11-34-20(17)13-18/h4-5,13-16H,3,6-12H2,1-2H3. The number of anilines is 1. The van der Waals surface area contributed by atoms with Crippen LogP contribution in [0.4, 0.5) is 19.1 Å². The largest absolute Gasteiger partial charge is 0.493 e. The van der Waals surface area contributed by atoms with Crippen LogP contribution in [0.3, 0.4) is 0 Å². The summed E-state index contributed by atoms with van der Waals surface area (Å²) in [6.45, 7) is 7.40. The van der Waals surface area contributed by atoms with E-state index in [2.05, 4.69) is 44.4 Å². The van der Waals surface area contributed by atoms with Crippen LogP contribution in [0.15, 0.2) is 39.9 Å². The van der Waals surface area contributed by atoms with Gasteiger partial charge in [0.25, 0.3) is 0 Å². The number of fused-ring (bicyclic) bond motifs is 1. The summed E-state index contributed by atoms with van der Waals surface area (Å²) < 4.78 is 59.8. The molecule has 1 aromatic carbocycles. The molecule has 0 bridgehead atoms. The molecule has 3 heterocycles. The van der Waals surface area contributed by atoms with Gasteiger partial charge in [-0.05, 0) is 30.5 Å². The van der Waals surface area contributed by atoms with Crippen LogP contribution < -0.4 is 9.64 Å². The Hall–Kier alpha value is -2.73. The average molecular weight is 512 g/mol. The van der Waals surface area contributed by atoms with Crippen molar-refractivity contribution < 1.29 is 26.9 Å². The number of benzene rings is 1. The van der Waals surface area contributed by atoms with Gasteiger partial charge in [0.05, 0.1) is 21.2 Å². The van der Waals surface area contributed by atoms with Crippen molar-refractivity contribution in [3.8, 4) is 5.75 Å². The molecule has 4 rings (SSSR count). The summed E-state index contributed by atoms with van der Waals surface area (Å²) in [4.78, 5) is 24.1. The van der Waals surface area contributed by atoms with Crippen LogP contribution in [-0.4, -0.2) is 69.7 Å². The second kappa shape index (κ2) is 10.1. The Morgan fingerprint density at radius 3 is 2.51 bits per heavy atom. The number of halogens is 3. The number of alkyl halides is 3. The quantitative estimate of drug-likeness (QED) is 0.585. The van der Waals surface area contributed by atoms with Crippen molar-refractivity contribution in [2.24, 2.45) is 4.36 Å². The topological polar surface area (TPSA) is 88.0 Å². The molecular weight excluding hydrogens is 483 g/mol. The minimum Gasteiger partial charge on any atom is -0.493 e. The van der Waals surface area contributed by atoms with Gasteiger partial charge in [0.2, 0.25) is 5.95 Å². The molecule has 2 aromatic rings. The summed E-state index contributed by atoms with van der Waals surface area (Å²) in [6, 6.07) is 6.60. The van der Waals surface area contributed by atoms with Crippen molar-refractivity contribution in [1.29, 1.82) is 0 Å². The van der Waals surface area contributed by atoms with Crippen molar-refractivity contribution in [1.82, 2.24) is 14.9 Å². The van der Waals surface area contributed by atoms with Crippen molar-refractivity contribution >= 4 is 21.6 Å². The first kappa shape index (κ1) is 25.4. The lowest BCUT2D eigenvalue weighted by atomic mass is 10.0. The maximum Gasteiger partial charge on any atom is 0.474 e. The van der Waals surface area contributed by atoms with Crippen LogP contribution in [0.25, 0.3) is 0 Å². The minimum atomic E-state index is -5.18. The highest BCUT2D eigenvalue weighted by Gasteiger charge is 2.40.